The molecule has 0 aliphatic carbocycles. The average molecular weight is 289 g/mol. The third-order valence-corrected chi connectivity index (χ3v) is 3.15. The van der Waals surface area contributed by atoms with E-state index in [1.165, 1.54) is 0 Å². The minimum Gasteiger partial charge on any atom is -0.494 e. The number of rotatable bonds is 8. The molecule has 0 saturated heterocycles. The zero-order valence-corrected chi connectivity index (χ0v) is 12.9. The van der Waals surface area contributed by atoms with Crippen molar-refractivity contribution in [2.45, 2.75) is 27.3 Å². The van der Waals surface area contributed by atoms with Crippen molar-refractivity contribution in [2.24, 2.45) is 0 Å². The quantitative estimate of drug-likeness (QED) is 0.811. The summed E-state index contributed by atoms with van der Waals surface area (Å²) in [5.41, 5.74) is 0.959. The second-order valence-electron chi connectivity index (χ2n) is 4.62. The van der Waals surface area contributed by atoms with E-state index in [0.717, 1.165) is 36.1 Å². The van der Waals surface area contributed by atoms with E-state index in [4.69, 9.17) is 9.47 Å². The molecular formula is C16H23N3O2. The molecule has 1 aromatic carbocycles. The fraction of sp³-hybridized carbons (Fsp3) is 0.438. The number of nitrogens with zero attached hydrogens (tertiary/aromatic N) is 2. The summed E-state index contributed by atoms with van der Waals surface area (Å²) in [6.45, 7) is 8.91. The number of hydrogen-bond donors (Lipinski definition) is 1. The van der Waals surface area contributed by atoms with Gasteiger partial charge in [0.2, 0.25) is 0 Å². The molecule has 5 heteroatoms. The smallest absolute Gasteiger partial charge is 0.142 e. The number of hydrogen-bond acceptors (Lipinski definition) is 4. The maximum Gasteiger partial charge on any atom is 0.142 e. The van der Waals surface area contributed by atoms with Crippen molar-refractivity contribution in [3.63, 3.8) is 0 Å². The monoisotopic (exact) mass is 289 g/mol. The number of benzene rings is 1. The highest BCUT2D eigenvalue weighted by atomic mass is 16.5. The number of imidazole rings is 1. The number of aromatic nitrogens is 2. The van der Waals surface area contributed by atoms with Gasteiger partial charge < -0.3 is 19.4 Å². The molecule has 0 spiro atoms. The van der Waals surface area contributed by atoms with Crippen LogP contribution >= 0.6 is 0 Å². The van der Waals surface area contributed by atoms with Crippen molar-refractivity contribution in [2.75, 3.05) is 25.1 Å². The first-order valence-corrected chi connectivity index (χ1v) is 7.35. The van der Waals surface area contributed by atoms with E-state index in [-0.39, 0.29) is 0 Å². The predicted molar refractivity (Wildman–Crippen MR) is 84.2 cm³/mol. The second-order valence-corrected chi connectivity index (χ2v) is 4.62. The van der Waals surface area contributed by atoms with E-state index in [0.29, 0.717) is 13.2 Å². The molecule has 0 saturated carbocycles. The highest BCUT2D eigenvalue weighted by Gasteiger charge is 2.06. The minimum absolute atomic E-state index is 0.642. The summed E-state index contributed by atoms with van der Waals surface area (Å²) in [5, 5.41) is 3.41. The lowest BCUT2D eigenvalue weighted by atomic mass is 10.2. The summed E-state index contributed by atoms with van der Waals surface area (Å²) in [7, 11) is 0. The number of ether oxygens (including phenoxy) is 2. The van der Waals surface area contributed by atoms with Crippen LogP contribution < -0.4 is 14.8 Å². The molecule has 0 unspecified atom stereocenters. The van der Waals surface area contributed by atoms with Crippen molar-refractivity contribution in [1.82, 2.24) is 9.55 Å². The van der Waals surface area contributed by atoms with Crippen LogP contribution in [0.2, 0.25) is 0 Å². The van der Waals surface area contributed by atoms with Crippen LogP contribution in [0.15, 0.2) is 30.6 Å². The Kier molecular flexibility index (Phi) is 5.49. The lowest BCUT2D eigenvalue weighted by Gasteiger charge is -2.14. The van der Waals surface area contributed by atoms with Crippen molar-refractivity contribution < 1.29 is 9.47 Å². The molecule has 0 bridgehead atoms. The molecule has 114 valence electrons. The molecule has 1 N–H and O–H groups in total. The van der Waals surface area contributed by atoms with Gasteiger partial charge in [-0.3, -0.25) is 0 Å². The van der Waals surface area contributed by atoms with Gasteiger partial charge in [0, 0.05) is 31.5 Å². The van der Waals surface area contributed by atoms with Crippen LogP contribution in [-0.4, -0.2) is 29.3 Å². The molecule has 2 aromatic rings. The Balaban J connectivity index is 2.02. The van der Waals surface area contributed by atoms with Gasteiger partial charge in [-0.15, -0.1) is 0 Å². The van der Waals surface area contributed by atoms with Gasteiger partial charge in [-0.2, -0.15) is 0 Å². The molecule has 1 heterocycles. The molecule has 0 aliphatic rings. The second kappa shape index (κ2) is 7.57. The van der Waals surface area contributed by atoms with Gasteiger partial charge in [0.05, 0.1) is 18.9 Å². The first kappa shape index (κ1) is 15.2. The van der Waals surface area contributed by atoms with Gasteiger partial charge in [0.1, 0.15) is 17.3 Å². The molecule has 0 aliphatic heterocycles. The van der Waals surface area contributed by atoms with Crippen molar-refractivity contribution in [3.8, 4) is 11.5 Å². The fourth-order valence-electron chi connectivity index (χ4n) is 2.14. The van der Waals surface area contributed by atoms with Crippen LogP contribution in [0.4, 0.5) is 5.69 Å². The summed E-state index contributed by atoms with van der Waals surface area (Å²) in [4.78, 5) is 4.22. The molecule has 2 rings (SSSR count). The number of nitrogens with one attached hydrogen (secondary N) is 1. The van der Waals surface area contributed by atoms with Crippen LogP contribution in [0.5, 0.6) is 11.5 Å². The maximum atomic E-state index is 5.64. The van der Waals surface area contributed by atoms with Crippen molar-refractivity contribution in [3.05, 3.63) is 36.4 Å². The number of aryl methyl sites for hydroxylation is 1. The van der Waals surface area contributed by atoms with Crippen LogP contribution in [0.25, 0.3) is 0 Å². The van der Waals surface area contributed by atoms with Gasteiger partial charge >= 0.3 is 0 Å². The number of anilines is 1. The normalized spacial score (nSPS) is 10.4. The highest BCUT2D eigenvalue weighted by molar-refractivity contribution is 5.59. The summed E-state index contributed by atoms with van der Waals surface area (Å²) in [6.07, 6.45) is 3.80. The SMILES string of the molecule is CCOc1ccc(OCC)c(NCCn2ccnc2C)c1. The van der Waals surface area contributed by atoms with Crippen molar-refractivity contribution in [1.29, 1.82) is 0 Å². The van der Waals surface area contributed by atoms with E-state index in [2.05, 4.69) is 14.9 Å². The van der Waals surface area contributed by atoms with Crippen molar-refractivity contribution >= 4 is 5.69 Å². The van der Waals surface area contributed by atoms with Gasteiger partial charge in [-0.05, 0) is 32.9 Å². The molecule has 1 aromatic heterocycles. The van der Waals surface area contributed by atoms with Gasteiger partial charge in [0.15, 0.2) is 0 Å². The summed E-state index contributed by atoms with van der Waals surface area (Å²) >= 11 is 0. The molecular weight excluding hydrogens is 266 g/mol. The Morgan fingerprint density at radius 2 is 2.00 bits per heavy atom. The lowest BCUT2D eigenvalue weighted by molar-refractivity contribution is 0.332. The Morgan fingerprint density at radius 3 is 2.67 bits per heavy atom. The molecule has 21 heavy (non-hydrogen) atoms. The summed E-state index contributed by atoms with van der Waals surface area (Å²) in [6, 6.07) is 5.86. The fourth-order valence-corrected chi connectivity index (χ4v) is 2.14. The van der Waals surface area contributed by atoms with Crippen LogP contribution in [0.3, 0.4) is 0 Å². The lowest BCUT2D eigenvalue weighted by Crippen LogP contribution is -2.12. The third-order valence-electron chi connectivity index (χ3n) is 3.15. The summed E-state index contributed by atoms with van der Waals surface area (Å²) < 4.78 is 13.3. The van der Waals surface area contributed by atoms with E-state index < -0.39 is 0 Å². The van der Waals surface area contributed by atoms with Gasteiger partial charge in [0.25, 0.3) is 0 Å². The Morgan fingerprint density at radius 1 is 1.19 bits per heavy atom. The zero-order valence-electron chi connectivity index (χ0n) is 12.9. The Labute approximate surface area is 125 Å². The first-order valence-electron chi connectivity index (χ1n) is 7.35. The van der Waals surface area contributed by atoms with Crippen LogP contribution in [-0.2, 0) is 6.54 Å². The topological polar surface area (TPSA) is 48.3 Å². The van der Waals surface area contributed by atoms with Gasteiger partial charge in [-0.25, -0.2) is 4.98 Å². The molecule has 0 amide bonds. The highest BCUT2D eigenvalue weighted by Crippen LogP contribution is 2.29. The predicted octanol–water partition coefficient (Wildman–Crippen LogP) is 3.10. The van der Waals surface area contributed by atoms with Crippen LogP contribution in [0, 0.1) is 6.92 Å². The minimum atomic E-state index is 0.642. The average Bonchev–Trinajstić information content (AvgIpc) is 2.88. The Bertz CT molecular complexity index is 566. The van der Waals surface area contributed by atoms with Crippen LogP contribution in [0.1, 0.15) is 19.7 Å². The molecule has 0 fully saturated rings. The van der Waals surface area contributed by atoms with E-state index >= 15 is 0 Å². The Hall–Kier alpha value is -2.17. The van der Waals surface area contributed by atoms with Gasteiger partial charge in [-0.1, -0.05) is 0 Å². The molecule has 0 radical (unpaired) electrons. The standard InChI is InChI=1S/C16H23N3O2/c1-4-20-14-6-7-16(21-5-2)15(12-14)18-9-11-19-10-8-17-13(19)3/h6-8,10,12,18H,4-5,9,11H2,1-3H3. The first-order chi connectivity index (χ1) is 10.2. The van der Waals surface area contributed by atoms with E-state index in [1.54, 1.807) is 0 Å². The maximum absolute atomic E-state index is 5.64. The zero-order chi connectivity index (χ0) is 15.1. The van der Waals surface area contributed by atoms with E-state index in [1.807, 2.05) is 51.4 Å². The third kappa shape index (κ3) is 4.15. The summed E-state index contributed by atoms with van der Waals surface area (Å²) in [5.74, 6) is 2.72. The largest absolute Gasteiger partial charge is 0.494 e. The molecule has 0 atom stereocenters. The molecule has 5 nitrogen and oxygen atoms in total. The van der Waals surface area contributed by atoms with E-state index in [9.17, 15) is 0 Å².